The quantitative estimate of drug-likeness (QED) is 0.779. The molecule has 0 spiro atoms. The van der Waals surface area contributed by atoms with Gasteiger partial charge in [0.05, 0.1) is 5.56 Å². The van der Waals surface area contributed by atoms with Crippen LogP contribution in [0.5, 0.6) is 0 Å². The Morgan fingerprint density at radius 3 is 2.45 bits per heavy atom. The lowest BCUT2D eigenvalue weighted by atomic mass is 10.1. The van der Waals surface area contributed by atoms with Crippen LogP contribution in [0.25, 0.3) is 0 Å². The fourth-order valence-electron chi connectivity index (χ4n) is 1.73. The summed E-state index contributed by atoms with van der Waals surface area (Å²) in [5, 5.41) is 2.67. The Morgan fingerprint density at radius 1 is 1.10 bits per heavy atom. The van der Waals surface area contributed by atoms with Gasteiger partial charge < -0.3 is 5.32 Å². The van der Waals surface area contributed by atoms with Crippen molar-refractivity contribution < 1.29 is 13.2 Å². The third-order valence-corrected chi connectivity index (χ3v) is 2.97. The topological polar surface area (TPSA) is 24.9 Å². The van der Waals surface area contributed by atoms with E-state index >= 15 is 0 Å². The van der Waals surface area contributed by atoms with E-state index in [9.17, 15) is 13.2 Å². The van der Waals surface area contributed by atoms with Gasteiger partial charge in [0.1, 0.15) is 11.0 Å². The molecule has 0 amide bonds. The van der Waals surface area contributed by atoms with E-state index in [1.54, 1.807) is 0 Å². The van der Waals surface area contributed by atoms with Crippen LogP contribution in [0.1, 0.15) is 16.7 Å². The number of rotatable bonds is 2. The van der Waals surface area contributed by atoms with Gasteiger partial charge in [-0.05, 0) is 43.2 Å². The molecular formula is C14H12ClF3N2. The van der Waals surface area contributed by atoms with Gasteiger partial charge in [0.25, 0.3) is 0 Å². The highest BCUT2D eigenvalue weighted by atomic mass is 35.5. The number of pyridine rings is 1. The van der Waals surface area contributed by atoms with Crippen molar-refractivity contribution in [2.45, 2.75) is 20.0 Å². The van der Waals surface area contributed by atoms with Gasteiger partial charge in [0.2, 0.25) is 0 Å². The van der Waals surface area contributed by atoms with E-state index in [4.69, 9.17) is 11.6 Å². The Bertz CT molecular complexity index is 639. The SMILES string of the molecule is Cc1ccc(C)c(Nc2cc(C(F)(F)F)cc(Cl)n2)c1. The van der Waals surface area contributed by atoms with E-state index < -0.39 is 11.7 Å². The minimum absolute atomic E-state index is 0.0681. The minimum Gasteiger partial charge on any atom is -0.340 e. The molecule has 0 bridgehead atoms. The zero-order valence-corrected chi connectivity index (χ0v) is 11.6. The molecule has 2 rings (SSSR count). The fraction of sp³-hybridized carbons (Fsp3) is 0.214. The van der Waals surface area contributed by atoms with Crippen LogP contribution in [-0.4, -0.2) is 4.98 Å². The molecule has 0 saturated carbocycles. The van der Waals surface area contributed by atoms with Crippen molar-refractivity contribution in [3.63, 3.8) is 0 Å². The Labute approximate surface area is 119 Å². The van der Waals surface area contributed by atoms with Crippen LogP contribution in [0.2, 0.25) is 5.15 Å². The molecule has 0 atom stereocenters. The number of aromatic nitrogens is 1. The van der Waals surface area contributed by atoms with E-state index in [0.29, 0.717) is 5.69 Å². The van der Waals surface area contributed by atoms with Gasteiger partial charge >= 0.3 is 6.18 Å². The van der Waals surface area contributed by atoms with Crippen molar-refractivity contribution in [2.24, 2.45) is 0 Å². The van der Waals surface area contributed by atoms with Crippen molar-refractivity contribution >= 4 is 23.1 Å². The van der Waals surface area contributed by atoms with E-state index in [2.05, 4.69) is 10.3 Å². The summed E-state index contributed by atoms with van der Waals surface area (Å²) in [7, 11) is 0. The van der Waals surface area contributed by atoms with Crippen molar-refractivity contribution in [2.75, 3.05) is 5.32 Å². The normalized spacial score (nSPS) is 11.5. The smallest absolute Gasteiger partial charge is 0.340 e. The number of anilines is 2. The van der Waals surface area contributed by atoms with Crippen molar-refractivity contribution in [3.8, 4) is 0 Å². The Kier molecular flexibility index (Phi) is 3.90. The number of alkyl halides is 3. The third-order valence-electron chi connectivity index (χ3n) is 2.78. The van der Waals surface area contributed by atoms with E-state index in [-0.39, 0.29) is 11.0 Å². The molecule has 0 radical (unpaired) electrons. The number of nitrogens with one attached hydrogen (secondary N) is 1. The summed E-state index contributed by atoms with van der Waals surface area (Å²) in [6.07, 6.45) is -4.45. The first-order valence-electron chi connectivity index (χ1n) is 5.85. The summed E-state index contributed by atoms with van der Waals surface area (Å²) >= 11 is 5.64. The minimum atomic E-state index is -4.45. The highest BCUT2D eigenvalue weighted by molar-refractivity contribution is 6.29. The lowest BCUT2D eigenvalue weighted by molar-refractivity contribution is -0.137. The molecule has 1 aromatic heterocycles. The van der Waals surface area contributed by atoms with E-state index in [1.807, 2.05) is 32.0 Å². The number of hydrogen-bond acceptors (Lipinski definition) is 2. The van der Waals surface area contributed by atoms with Crippen LogP contribution in [-0.2, 0) is 6.18 Å². The van der Waals surface area contributed by atoms with Gasteiger partial charge in [0, 0.05) is 5.69 Å². The average Bonchev–Trinajstić information content (AvgIpc) is 2.32. The van der Waals surface area contributed by atoms with Crippen molar-refractivity contribution in [1.29, 1.82) is 0 Å². The lowest BCUT2D eigenvalue weighted by Gasteiger charge is -2.12. The standard InChI is InChI=1S/C14H12ClF3N2/c1-8-3-4-9(2)11(5-8)19-13-7-10(14(16,17)18)6-12(15)20-13/h3-7H,1-2H3,(H,19,20). The molecule has 0 aliphatic carbocycles. The maximum atomic E-state index is 12.7. The van der Waals surface area contributed by atoms with Gasteiger partial charge in [-0.15, -0.1) is 0 Å². The van der Waals surface area contributed by atoms with Gasteiger partial charge in [-0.2, -0.15) is 13.2 Å². The summed E-state index contributed by atoms with van der Waals surface area (Å²) in [5.41, 5.74) is 1.78. The van der Waals surface area contributed by atoms with Crippen molar-refractivity contribution in [3.05, 3.63) is 52.2 Å². The first-order valence-corrected chi connectivity index (χ1v) is 6.22. The summed E-state index contributed by atoms with van der Waals surface area (Å²) in [5.74, 6) is 0.0681. The first kappa shape index (κ1) is 14.7. The molecule has 106 valence electrons. The van der Waals surface area contributed by atoms with Crippen LogP contribution in [0.3, 0.4) is 0 Å². The number of halogens is 4. The predicted molar refractivity (Wildman–Crippen MR) is 73.4 cm³/mol. The molecule has 20 heavy (non-hydrogen) atoms. The van der Waals surface area contributed by atoms with Gasteiger partial charge in [0.15, 0.2) is 0 Å². The van der Waals surface area contributed by atoms with Crippen LogP contribution in [0.4, 0.5) is 24.7 Å². The van der Waals surface area contributed by atoms with Gasteiger partial charge in [-0.25, -0.2) is 4.98 Å². The number of benzene rings is 1. The van der Waals surface area contributed by atoms with Crippen LogP contribution < -0.4 is 5.32 Å². The van der Waals surface area contributed by atoms with Gasteiger partial charge in [-0.1, -0.05) is 23.7 Å². The molecule has 6 heteroatoms. The maximum Gasteiger partial charge on any atom is 0.416 e. The molecule has 0 aliphatic rings. The molecule has 0 aliphatic heterocycles. The molecule has 0 saturated heterocycles. The van der Waals surface area contributed by atoms with Crippen molar-refractivity contribution in [1.82, 2.24) is 4.98 Å². The molecule has 1 heterocycles. The van der Waals surface area contributed by atoms with Crippen LogP contribution in [0, 0.1) is 13.8 Å². The molecule has 1 aromatic carbocycles. The second-order valence-corrected chi connectivity index (χ2v) is 4.89. The zero-order valence-electron chi connectivity index (χ0n) is 10.8. The fourth-order valence-corrected chi connectivity index (χ4v) is 1.94. The number of hydrogen-bond donors (Lipinski definition) is 1. The monoisotopic (exact) mass is 300 g/mol. The van der Waals surface area contributed by atoms with Crippen LogP contribution >= 0.6 is 11.6 Å². The summed E-state index contributed by atoms with van der Waals surface area (Å²) in [6.45, 7) is 3.76. The molecule has 2 nitrogen and oxygen atoms in total. The Balaban J connectivity index is 2.39. The van der Waals surface area contributed by atoms with E-state index in [0.717, 1.165) is 23.3 Å². The largest absolute Gasteiger partial charge is 0.416 e. The second-order valence-electron chi connectivity index (χ2n) is 4.50. The number of nitrogens with zero attached hydrogens (tertiary/aromatic N) is 1. The summed E-state index contributed by atoms with van der Waals surface area (Å²) in [4.78, 5) is 3.87. The summed E-state index contributed by atoms with van der Waals surface area (Å²) in [6, 6.07) is 7.38. The molecular weight excluding hydrogens is 289 g/mol. The third kappa shape index (κ3) is 3.42. The second kappa shape index (κ2) is 5.32. The van der Waals surface area contributed by atoms with Gasteiger partial charge in [-0.3, -0.25) is 0 Å². The highest BCUT2D eigenvalue weighted by Gasteiger charge is 2.31. The Morgan fingerprint density at radius 2 is 1.80 bits per heavy atom. The first-order chi connectivity index (χ1) is 9.25. The lowest BCUT2D eigenvalue weighted by Crippen LogP contribution is -2.07. The molecule has 2 aromatic rings. The molecule has 0 unspecified atom stereocenters. The van der Waals surface area contributed by atoms with Crippen LogP contribution in [0.15, 0.2) is 30.3 Å². The highest BCUT2D eigenvalue weighted by Crippen LogP contribution is 2.33. The molecule has 1 N–H and O–H groups in total. The Hall–Kier alpha value is -1.75. The average molecular weight is 301 g/mol. The summed E-state index contributed by atoms with van der Waals surface area (Å²) < 4.78 is 38.1. The predicted octanol–water partition coefficient (Wildman–Crippen LogP) is 5.11. The number of aryl methyl sites for hydroxylation is 2. The van der Waals surface area contributed by atoms with E-state index in [1.165, 1.54) is 0 Å². The zero-order chi connectivity index (χ0) is 14.9. The maximum absolute atomic E-state index is 12.7. The molecule has 0 fully saturated rings.